The molecule has 1 atom stereocenters. The van der Waals surface area contributed by atoms with Gasteiger partial charge in [0.05, 0.1) is 0 Å². The predicted octanol–water partition coefficient (Wildman–Crippen LogP) is 3.98. The summed E-state index contributed by atoms with van der Waals surface area (Å²) >= 11 is 6.09. The van der Waals surface area contributed by atoms with E-state index in [0.29, 0.717) is 5.02 Å². The number of likely N-dealkylation sites (N-methyl/N-ethyl adjacent to an activating group) is 1. The van der Waals surface area contributed by atoms with E-state index in [2.05, 4.69) is 17.4 Å². The molecule has 0 saturated heterocycles. The van der Waals surface area contributed by atoms with Gasteiger partial charge < -0.3 is 5.32 Å². The Hall–Kier alpha value is -1.38. The van der Waals surface area contributed by atoms with E-state index in [1.807, 2.05) is 25.2 Å². The second-order valence-electron chi connectivity index (χ2n) is 4.20. The van der Waals surface area contributed by atoms with E-state index in [1.165, 1.54) is 17.7 Å². The fraction of sp³-hybridized carbons (Fsp3) is 0.200. The van der Waals surface area contributed by atoms with Crippen molar-refractivity contribution in [2.45, 2.75) is 12.5 Å². The molecule has 18 heavy (non-hydrogen) atoms. The van der Waals surface area contributed by atoms with E-state index in [-0.39, 0.29) is 11.9 Å². The first-order valence-electron chi connectivity index (χ1n) is 5.87. The van der Waals surface area contributed by atoms with Gasteiger partial charge in [-0.1, -0.05) is 48.0 Å². The van der Waals surface area contributed by atoms with Gasteiger partial charge in [0.25, 0.3) is 0 Å². The second-order valence-corrected chi connectivity index (χ2v) is 4.60. The maximum Gasteiger partial charge on any atom is 0.124 e. The summed E-state index contributed by atoms with van der Waals surface area (Å²) in [5.41, 5.74) is 2.14. The summed E-state index contributed by atoms with van der Waals surface area (Å²) in [5, 5.41) is 3.68. The van der Waals surface area contributed by atoms with Crippen LogP contribution in [0.3, 0.4) is 0 Å². The Morgan fingerprint density at radius 1 is 1.17 bits per heavy atom. The lowest BCUT2D eigenvalue weighted by Gasteiger charge is -2.18. The van der Waals surface area contributed by atoms with Crippen LogP contribution in [0.25, 0.3) is 0 Å². The fourth-order valence-electron chi connectivity index (χ4n) is 2.00. The SMILES string of the molecule is CNC(Cc1ccccc1)c1ccc(F)cc1Cl. The summed E-state index contributed by atoms with van der Waals surface area (Å²) in [4.78, 5) is 0. The number of benzene rings is 2. The molecule has 1 N–H and O–H groups in total. The third-order valence-corrected chi connectivity index (χ3v) is 3.30. The number of hydrogen-bond acceptors (Lipinski definition) is 1. The van der Waals surface area contributed by atoms with E-state index in [9.17, 15) is 4.39 Å². The Balaban J connectivity index is 2.23. The van der Waals surface area contributed by atoms with Crippen LogP contribution in [0.15, 0.2) is 48.5 Å². The Labute approximate surface area is 112 Å². The molecule has 1 unspecified atom stereocenters. The average molecular weight is 264 g/mol. The van der Waals surface area contributed by atoms with Crippen LogP contribution in [0.4, 0.5) is 4.39 Å². The van der Waals surface area contributed by atoms with Crippen molar-refractivity contribution < 1.29 is 4.39 Å². The standard InChI is InChI=1S/C15H15ClFN/c1-18-15(9-11-5-3-2-4-6-11)13-8-7-12(17)10-14(13)16/h2-8,10,15,18H,9H2,1H3. The summed E-state index contributed by atoms with van der Waals surface area (Å²) in [6, 6.07) is 14.8. The molecule has 0 saturated carbocycles. The number of hydrogen-bond donors (Lipinski definition) is 1. The maximum atomic E-state index is 13.0. The zero-order valence-electron chi connectivity index (χ0n) is 10.2. The lowest BCUT2D eigenvalue weighted by molar-refractivity contribution is 0.586. The van der Waals surface area contributed by atoms with Crippen molar-refractivity contribution in [1.82, 2.24) is 5.32 Å². The highest BCUT2D eigenvalue weighted by atomic mass is 35.5. The summed E-state index contributed by atoms with van der Waals surface area (Å²) in [6.45, 7) is 0. The molecule has 0 aliphatic carbocycles. The zero-order valence-corrected chi connectivity index (χ0v) is 10.9. The van der Waals surface area contributed by atoms with Crippen molar-refractivity contribution in [3.05, 3.63) is 70.5 Å². The zero-order chi connectivity index (χ0) is 13.0. The molecular weight excluding hydrogens is 249 g/mol. The van der Waals surface area contributed by atoms with Crippen molar-refractivity contribution in [2.75, 3.05) is 7.05 Å². The lowest BCUT2D eigenvalue weighted by Crippen LogP contribution is -2.19. The van der Waals surface area contributed by atoms with Gasteiger partial charge in [0.1, 0.15) is 5.82 Å². The molecule has 3 heteroatoms. The van der Waals surface area contributed by atoms with Crippen molar-refractivity contribution in [2.24, 2.45) is 0 Å². The Morgan fingerprint density at radius 3 is 2.50 bits per heavy atom. The molecule has 0 aromatic heterocycles. The van der Waals surface area contributed by atoms with E-state index in [4.69, 9.17) is 11.6 Å². The minimum absolute atomic E-state index is 0.0838. The minimum Gasteiger partial charge on any atom is -0.313 e. The van der Waals surface area contributed by atoms with Gasteiger partial charge >= 0.3 is 0 Å². The quantitative estimate of drug-likeness (QED) is 0.880. The first kappa shape index (κ1) is 13.1. The van der Waals surface area contributed by atoms with Gasteiger partial charge in [-0.05, 0) is 36.7 Å². The summed E-state index contributed by atoms with van der Waals surface area (Å²) in [5.74, 6) is -0.307. The van der Waals surface area contributed by atoms with Gasteiger partial charge in [-0.15, -0.1) is 0 Å². The molecule has 0 radical (unpaired) electrons. The fourth-order valence-corrected chi connectivity index (χ4v) is 2.30. The lowest BCUT2D eigenvalue weighted by atomic mass is 9.99. The van der Waals surface area contributed by atoms with E-state index >= 15 is 0 Å². The van der Waals surface area contributed by atoms with Gasteiger partial charge in [-0.3, -0.25) is 0 Å². The molecule has 94 valence electrons. The van der Waals surface area contributed by atoms with Crippen molar-refractivity contribution in [3.8, 4) is 0 Å². The average Bonchev–Trinajstić information content (AvgIpc) is 2.38. The second kappa shape index (κ2) is 5.98. The summed E-state index contributed by atoms with van der Waals surface area (Å²) < 4.78 is 13.0. The van der Waals surface area contributed by atoms with Gasteiger partial charge in [0.2, 0.25) is 0 Å². The largest absolute Gasteiger partial charge is 0.313 e. The summed E-state index contributed by atoms with van der Waals surface area (Å²) in [7, 11) is 1.88. The maximum absolute atomic E-state index is 13.0. The molecule has 0 aliphatic heterocycles. The van der Waals surface area contributed by atoms with E-state index < -0.39 is 0 Å². The molecule has 2 rings (SSSR count). The summed E-state index contributed by atoms with van der Waals surface area (Å²) in [6.07, 6.45) is 0.822. The highest BCUT2D eigenvalue weighted by Crippen LogP contribution is 2.26. The molecule has 0 aliphatic rings. The Morgan fingerprint density at radius 2 is 1.89 bits per heavy atom. The van der Waals surface area contributed by atoms with Crippen LogP contribution >= 0.6 is 11.6 Å². The number of rotatable bonds is 4. The molecular formula is C15H15ClFN. The van der Waals surface area contributed by atoms with Crippen LogP contribution in [0.1, 0.15) is 17.2 Å². The molecule has 0 amide bonds. The molecule has 0 heterocycles. The van der Waals surface area contributed by atoms with Crippen LogP contribution < -0.4 is 5.32 Å². The van der Waals surface area contributed by atoms with Gasteiger partial charge in [-0.25, -0.2) is 4.39 Å². The highest BCUT2D eigenvalue weighted by Gasteiger charge is 2.13. The van der Waals surface area contributed by atoms with Crippen LogP contribution in [0, 0.1) is 5.82 Å². The molecule has 2 aromatic rings. The highest BCUT2D eigenvalue weighted by molar-refractivity contribution is 6.31. The van der Waals surface area contributed by atoms with Crippen molar-refractivity contribution in [3.63, 3.8) is 0 Å². The first-order chi connectivity index (χ1) is 8.70. The van der Waals surface area contributed by atoms with Gasteiger partial charge in [0, 0.05) is 11.1 Å². The predicted molar refractivity (Wildman–Crippen MR) is 73.4 cm³/mol. The number of nitrogens with one attached hydrogen (secondary N) is 1. The first-order valence-corrected chi connectivity index (χ1v) is 6.24. The normalized spacial score (nSPS) is 12.4. The Bertz CT molecular complexity index is 513. The molecule has 0 bridgehead atoms. The van der Waals surface area contributed by atoms with Crippen molar-refractivity contribution in [1.29, 1.82) is 0 Å². The van der Waals surface area contributed by atoms with Crippen LogP contribution in [-0.4, -0.2) is 7.05 Å². The Kier molecular flexibility index (Phi) is 4.34. The van der Waals surface area contributed by atoms with Crippen molar-refractivity contribution >= 4 is 11.6 Å². The van der Waals surface area contributed by atoms with Gasteiger partial charge in [0.15, 0.2) is 0 Å². The molecule has 0 spiro atoms. The molecule has 2 aromatic carbocycles. The third kappa shape index (κ3) is 3.09. The molecule has 0 fully saturated rings. The third-order valence-electron chi connectivity index (χ3n) is 2.97. The molecule has 1 nitrogen and oxygen atoms in total. The van der Waals surface area contributed by atoms with Crippen LogP contribution in [-0.2, 0) is 6.42 Å². The smallest absolute Gasteiger partial charge is 0.124 e. The van der Waals surface area contributed by atoms with Gasteiger partial charge in [-0.2, -0.15) is 0 Å². The van der Waals surface area contributed by atoms with Crippen LogP contribution in [0.2, 0.25) is 5.02 Å². The topological polar surface area (TPSA) is 12.0 Å². The van der Waals surface area contributed by atoms with E-state index in [1.54, 1.807) is 6.07 Å². The minimum atomic E-state index is -0.307. The monoisotopic (exact) mass is 263 g/mol. The van der Waals surface area contributed by atoms with Crippen LogP contribution in [0.5, 0.6) is 0 Å². The van der Waals surface area contributed by atoms with E-state index in [0.717, 1.165) is 12.0 Å². The number of halogens is 2.